The molecule has 3 aromatic rings. The van der Waals surface area contributed by atoms with E-state index in [0.29, 0.717) is 11.6 Å². The standard InChI is InChI=1S/C23H23FN4O3/c1-15-4-2-3-5-19(15)20(28-23(25)30)13-21(29)27-14-16-10-11-26-22(12-16)31-18-8-6-17(24)7-9-18/h2-12,20H,13-14H2,1H3,(H,27,29)(H3,25,28,30). The fourth-order valence-electron chi connectivity index (χ4n) is 3.09. The largest absolute Gasteiger partial charge is 0.439 e. The van der Waals surface area contributed by atoms with Crippen LogP contribution in [0.3, 0.4) is 0 Å². The number of benzene rings is 2. The zero-order chi connectivity index (χ0) is 22.2. The molecule has 0 saturated carbocycles. The van der Waals surface area contributed by atoms with Gasteiger partial charge in [-0.2, -0.15) is 0 Å². The van der Waals surface area contributed by atoms with Crippen LogP contribution in [0, 0.1) is 12.7 Å². The first kappa shape index (κ1) is 21.8. The number of primary amides is 1. The van der Waals surface area contributed by atoms with Crippen molar-refractivity contribution in [2.45, 2.75) is 25.9 Å². The Labute approximate surface area is 179 Å². The van der Waals surface area contributed by atoms with Crippen molar-refractivity contribution in [3.63, 3.8) is 0 Å². The van der Waals surface area contributed by atoms with Gasteiger partial charge in [0.05, 0.1) is 12.5 Å². The molecular formula is C23H23FN4O3. The number of pyridine rings is 1. The van der Waals surface area contributed by atoms with Crippen LogP contribution in [-0.4, -0.2) is 16.9 Å². The number of halogens is 1. The molecule has 0 aliphatic rings. The van der Waals surface area contributed by atoms with Crippen molar-refractivity contribution in [1.29, 1.82) is 0 Å². The molecule has 160 valence electrons. The molecule has 0 radical (unpaired) electrons. The second-order valence-electron chi connectivity index (χ2n) is 6.96. The molecule has 1 heterocycles. The number of ether oxygens (including phenoxy) is 1. The Morgan fingerprint density at radius 1 is 1.13 bits per heavy atom. The number of hydrogen-bond donors (Lipinski definition) is 3. The molecule has 0 aliphatic heterocycles. The number of nitrogens with one attached hydrogen (secondary N) is 2. The first-order valence-electron chi connectivity index (χ1n) is 9.67. The van der Waals surface area contributed by atoms with E-state index < -0.39 is 12.1 Å². The molecule has 2 aromatic carbocycles. The molecule has 1 aromatic heterocycles. The number of aromatic nitrogens is 1. The summed E-state index contributed by atoms with van der Waals surface area (Å²) in [6.07, 6.45) is 1.60. The van der Waals surface area contributed by atoms with Gasteiger partial charge in [0, 0.05) is 18.8 Å². The van der Waals surface area contributed by atoms with E-state index in [-0.39, 0.29) is 24.7 Å². The van der Waals surface area contributed by atoms with E-state index in [1.807, 2.05) is 31.2 Å². The van der Waals surface area contributed by atoms with Gasteiger partial charge in [0.15, 0.2) is 0 Å². The van der Waals surface area contributed by atoms with Crippen LogP contribution in [0.2, 0.25) is 0 Å². The van der Waals surface area contributed by atoms with E-state index in [0.717, 1.165) is 16.7 Å². The van der Waals surface area contributed by atoms with E-state index in [4.69, 9.17) is 10.5 Å². The van der Waals surface area contributed by atoms with E-state index >= 15 is 0 Å². The third kappa shape index (κ3) is 6.53. The Morgan fingerprint density at radius 2 is 1.87 bits per heavy atom. The van der Waals surface area contributed by atoms with Gasteiger partial charge in [0.1, 0.15) is 11.6 Å². The summed E-state index contributed by atoms with van der Waals surface area (Å²) in [5.41, 5.74) is 7.84. The highest BCUT2D eigenvalue weighted by Gasteiger charge is 2.19. The smallest absolute Gasteiger partial charge is 0.312 e. The summed E-state index contributed by atoms with van der Waals surface area (Å²) in [4.78, 5) is 28.0. The Morgan fingerprint density at radius 3 is 2.58 bits per heavy atom. The number of hydrogen-bond acceptors (Lipinski definition) is 4. The number of urea groups is 1. The van der Waals surface area contributed by atoms with Gasteiger partial charge in [0.25, 0.3) is 0 Å². The molecule has 3 amide bonds. The first-order valence-corrected chi connectivity index (χ1v) is 9.67. The molecule has 31 heavy (non-hydrogen) atoms. The zero-order valence-electron chi connectivity index (χ0n) is 17.0. The lowest BCUT2D eigenvalue weighted by molar-refractivity contribution is -0.121. The fraction of sp³-hybridized carbons (Fsp3) is 0.174. The molecule has 8 heteroatoms. The quantitative estimate of drug-likeness (QED) is 0.514. The average molecular weight is 422 g/mol. The highest BCUT2D eigenvalue weighted by atomic mass is 19.1. The monoisotopic (exact) mass is 422 g/mol. The van der Waals surface area contributed by atoms with Crippen molar-refractivity contribution >= 4 is 11.9 Å². The van der Waals surface area contributed by atoms with Crippen molar-refractivity contribution < 1.29 is 18.7 Å². The molecule has 0 aliphatic carbocycles. The summed E-state index contributed by atoms with van der Waals surface area (Å²) in [7, 11) is 0. The van der Waals surface area contributed by atoms with Crippen molar-refractivity contribution in [1.82, 2.24) is 15.6 Å². The van der Waals surface area contributed by atoms with Gasteiger partial charge in [-0.1, -0.05) is 24.3 Å². The summed E-state index contributed by atoms with van der Waals surface area (Å²) < 4.78 is 18.6. The lowest BCUT2D eigenvalue weighted by Gasteiger charge is -2.19. The maximum Gasteiger partial charge on any atom is 0.312 e. The van der Waals surface area contributed by atoms with Crippen molar-refractivity contribution in [3.05, 3.63) is 89.4 Å². The van der Waals surface area contributed by atoms with Crippen molar-refractivity contribution in [3.8, 4) is 11.6 Å². The number of nitrogens with zero attached hydrogens (tertiary/aromatic N) is 1. The SMILES string of the molecule is Cc1ccccc1C(CC(=O)NCc1ccnc(Oc2ccc(F)cc2)c1)NC(N)=O. The minimum Gasteiger partial charge on any atom is -0.439 e. The fourth-order valence-corrected chi connectivity index (χ4v) is 3.09. The second kappa shape index (κ2) is 10.2. The van der Waals surface area contributed by atoms with Gasteiger partial charge >= 0.3 is 6.03 Å². The van der Waals surface area contributed by atoms with Crippen LogP contribution in [0.4, 0.5) is 9.18 Å². The minimum absolute atomic E-state index is 0.0395. The number of aryl methyl sites for hydroxylation is 1. The zero-order valence-corrected chi connectivity index (χ0v) is 17.0. The average Bonchev–Trinajstić information content (AvgIpc) is 2.74. The van der Waals surface area contributed by atoms with Gasteiger partial charge in [0.2, 0.25) is 11.8 Å². The van der Waals surface area contributed by atoms with Crippen LogP contribution < -0.4 is 21.1 Å². The van der Waals surface area contributed by atoms with E-state index in [2.05, 4.69) is 15.6 Å². The van der Waals surface area contributed by atoms with Crippen molar-refractivity contribution in [2.75, 3.05) is 0 Å². The summed E-state index contributed by atoms with van der Waals surface area (Å²) in [5.74, 6) is 0.173. The van der Waals surface area contributed by atoms with Crippen LogP contribution in [0.15, 0.2) is 66.9 Å². The minimum atomic E-state index is -0.697. The van der Waals surface area contributed by atoms with E-state index in [9.17, 15) is 14.0 Å². The van der Waals surface area contributed by atoms with E-state index in [1.54, 1.807) is 18.3 Å². The molecule has 0 fully saturated rings. The summed E-state index contributed by atoms with van der Waals surface area (Å²) in [6, 6.07) is 15.3. The Balaban J connectivity index is 1.61. The Kier molecular flexibility index (Phi) is 7.16. The Hall–Kier alpha value is -3.94. The van der Waals surface area contributed by atoms with Gasteiger partial charge in [-0.25, -0.2) is 14.2 Å². The lowest BCUT2D eigenvalue weighted by atomic mass is 9.98. The summed E-state index contributed by atoms with van der Waals surface area (Å²) in [6.45, 7) is 2.15. The van der Waals surface area contributed by atoms with Crippen molar-refractivity contribution in [2.24, 2.45) is 5.73 Å². The summed E-state index contributed by atoms with van der Waals surface area (Å²) in [5, 5.41) is 5.45. The predicted molar refractivity (Wildman–Crippen MR) is 114 cm³/mol. The molecule has 1 unspecified atom stereocenters. The molecule has 7 nitrogen and oxygen atoms in total. The molecule has 4 N–H and O–H groups in total. The number of carbonyl (C=O) groups excluding carboxylic acids is 2. The number of nitrogens with two attached hydrogens (primary N) is 1. The maximum absolute atomic E-state index is 13.0. The second-order valence-corrected chi connectivity index (χ2v) is 6.96. The van der Waals surface area contributed by atoms with Gasteiger partial charge < -0.3 is 21.1 Å². The van der Waals surface area contributed by atoms with E-state index in [1.165, 1.54) is 24.3 Å². The lowest BCUT2D eigenvalue weighted by Crippen LogP contribution is -2.36. The topological polar surface area (TPSA) is 106 Å². The number of carbonyl (C=O) groups is 2. The number of rotatable bonds is 8. The van der Waals surface area contributed by atoms with Crippen LogP contribution in [0.25, 0.3) is 0 Å². The highest BCUT2D eigenvalue weighted by molar-refractivity contribution is 5.78. The maximum atomic E-state index is 13.0. The third-order valence-electron chi connectivity index (χ3n) is 4.59. The third-order valence-corrected chi connectivity index (χ3v) is 4.59. The normalized spacial score (nSPS) is 11.4. The predicted octanol–water partition coefficient (Wildman–Crippen LogP) is 3.74. The molecule has 3 rings (SSSR count). The Bertz CT molecular complexity index is 1060. The molecular weight excluding hydrogens is 399 g/mol. The van der Waals surface area contributed by atoms with Gasteiger partial charge in [-0.15, -0.1) is 0 Å². The van der Waals surface area contributed by atoms with Crippen LogP contribution in [0.5, 0.6) is 11.6 Å². The highest BCUT2D eigenvalue weighted by Crippen LogP contribution is 2.22. The molecule has 0 bridgehead atoms. The number of amides is 3. The van der Waals surface area contributed by atoms with Gasteiger partial charge in [-0.05, 0) is 53.9 Å². The van der Waals surface area contributed by atoms with Crippen LogP contribution in [0.1, 0.15) is 29.2 Å². The van der Waals surface area contributed by atoms with Crippen LogP contribution in [-0.2, 0) is 11.3 Å². The molecule has 0 saturated heterocycles. The van der Waals surface area contributed by atoms with Crippen LogP contribution >= 0.6 is 0 Å². The molecule has 0 spiro atoms. The summed E-state index contributed by atoms with van der Waals surface area (Å²) >= 11 is 0. The van der Waals surface area contributed by atoms with Gasteiger partial charge in [-0.3, -0.25) is 4.79 Å². The molecule has 1 atom stereocenters. The first-order chi connectivity index (χ1) is 14.9.